The lowest BCUT2D eigenvalue weighted by atomic mass is 9.97. The predicted octanol–water partition coefficient (Wildman–Crippen LogP) is 3.77. The van der Waals surface area contributed by atoms with Gasteiger partial charge in [0.2, 0.25) is 15.9 Å². The first-order valence-electron chi connectivity index (χ1n) is 11.2. The van der Waals surface area contributed by atoms with Gasteiger partial charge in [0.25, 0.3) is 0 Å². The third kappa shape index (κ3) is 7.06. The van der Waals surface area contributed by atoms with Gasteiger partial charge < -0.3 is 10.2 Å². The smallest absolute Gasteiger partial charge is 0.223 e. The molecule has 0 unspecified atom stereocenters. The van der Waals surface area contributed by atoms with Crippen LogP contribution in [0, 0.1) is 11.8 Å². The molecule has 1 amide bonds. The Kier molecular flexibility index (Phi) is 9.05. The number of sulfonamides is 1. The highest BCUT2D eigenvalue weighted by molar-refractivity contribution is 7.88. The van der Waals surface area contributed by atoms with Crippen LogP contribution in [0.1, 0.15) is 44.6 Å². The molecule has 1 aromatic rings. The number of hydrogen-bond acceptors (Lipinski definition) is 4. The number of likely N-dealkylation sites (tertiary alicyclic amines) is 1. The molecule has 0 aromatic heterocycles. The zero-order chi connectivity index (χ0) is 22.4. The van der Waals surface area contributed by atoms with Crippen LogP contribution < -0.4 is 5.32 Å². The standard InChI is InChI=1S/C22H33Cl2N3O3S/c1-17-6-12-26(13-7-17)11-3-10-25-22(28)18-8-14-27(15-9-18)31(29,30)16-19-20(23)4-2-5-21(19)24/h2,4-5,17-18H,3,6-16H2,1H3,(H,25,28). The largest absolute Gasteiger partial charge is 0.356 e. The van der Waals surface area contributed by atoms with Gasteiger partial charge in [0.1, 0.15) is 0 Å². The molecule has 9 heteroatoms. The first-order chi connectivity index (χ1) is 14.8. The molecule has 0 spiro atoms. The van der Waals surface area contributed by atoms with E-state index in [1.807, 2.05) is 0 Å². The van der Waals surface area contributed by atoms with Gasteiger partial charge in [-0.25, -0.2) is 12.7 Å². The van der Waals surface area contributed by atoms with Crippen molar-refractivity contribution in [3.8, 4) is 0 Å². The average molecular weight is 490 g/mol. The molecular weight excluding hydrogens is 457 g/mol. The first-order valence-corrected chi connectivity index (χ1v) is 13.5. The van der Waals surface area contributed by atoms with E-state index in [9.17, 15) is 13.2 Å². The fourth-order valence-corrected chi connectivity index (χ4v) is 6.60. The van der Waals surface area contributed by atoms with E-state index >= 15 is 0 Å². The van der Waals surface area contributed by atoms with Crippen molar-refractivity contribution < 1.29 is 13.2 Å². The Morgan fingerprint density at radius 1 is 1.06 bits per heavy atom. The number of carbonyl (C=O) groups is 1. The van der Waals surface area contributed by atoms with Crippen LogP contribution in [-0.4, -0.2) is 62.8 Å². The van der Waals surface area contributed by atoms with E-state index in [1.165, 1.54) is 17.1 Å². The second-order valence-corrected chi connectivity index (χ2v) is 11.6. The van der Waals surface area contributed by atoms with Gasteiger partial charge in [-0.15, -0.1) is 0 Å². The summed E-state index contributed by atoms with van der Waals surface area (Å²) in [4.78, 5) is 15.0. The van der Waals surface area contributed by atoms with Crippen LogP contribution in [0.3, 0.4) is 0 Å². The van der Waals surface area contributed by atoms with Crippen molar-refractivity contribution in [2.45, 2.75) is 44.8 Å². The van der Waals surface area contributed by atoms with Gasteiger partial charge in [-0.1, -0.05) is 36.2 Å². The van der Waals surface area contributed by atoms with Crippen molar-refractivity contribution >= 4 is 39.1 Å². The van der Waals surface area contributed by atoms with Crippen molar-refractivity contribution in [3.05, 3.63) is 33.8 Å². The van der Waals surface area contributed by atoms with Crippen LogP contribution >= 0.6 is 23.2 Å². The lowest BCUT2D eigenvalue weighted by molar-refractivity contribution is -0.126. The van der Waals surface area contributed by atoms with Gasteiger partial charge in [0.05, 0.1) is 5.75 Å². The van der Waals surface area contributed by atoms with E-state index in [1.54, 1.807) is 18.2 Å². The molecule has 0 saturated carbocycles. The van der Waals surface area contributed by atoms with Crippen molar-refractivity contribution in [1.29, 1.82) is 0 Å². The number of hydrogen-bond donors (Lipinski definition) is 1. The molecule has 1 N–H and O–H groups in total. The highest BCUT2D eigenvalue weighted by Gasteiger charge is 2.31. The minimum Gasteiger partial charge on any atom is -0.356 e. The van der Waals surface area contributed by atoms with Gasteiger partial charge in [-0.2, -0.15) is 0 Å². The number of amides is 1. The molecule has 31 heavy (non-hydrogen) atoms. The van der Waals surface area contributed by atoms with Crippen LogP contribution in [0.15, 0.2) is 18.2 Å². The highest BCUT2D eigenvalue weighted by Crippen LogP contribution is 2.29. The second-order valence-electron chi connectivity index (χ2n) is 8.80. The number of benzene rings is 1. The Bertz CT molecular complexity index is 829. The molecule has 0 atom stereocenters. The van der Waals surface area contributed by atoms with Crippen LogP contribution in [0.4, 0.5) is 0 Å². The number of nitrogens with zero attached hydrogens (tertiary/aromatic N) is 2. The summed E-state index contributed by atoms with van der Waals surface area (Å²) in [6.07, 6.45) is 4.54. The van der Waals surface area contributed by atoms with E-state index in [0.717, 1.165) is 32.0 Å². The summed E-state index contributed by atoms with van der Waals surface area (Å²) < 4.78 is 27.1. The zero-order valence-electron chi connectivity index (χ0n) is 18.2. The monoisotopic (exact) mass is 489 g/mol. The molecule has 6 nitrogen and oxygen atoms in total. The van der Waals surface area contributed by atoms with Crippen LogP contribution in [0.2, 0.25) is 10.0 Å². The maximum Gasteiger partial charge on any atom is 0.223 e. The van der Waals surface area contributed by atoms with Crippen molar-refractivity contribution in [2.75, 3.05) is 39.3 Å². The quantitative estimate of drug-likeness (QED) is 0.564. The lowest BCUT2D eigenvalue weighted by Crippen LogP contribution is -2.43. The molecule has 2 aliphatic rings. The molecular formula is C22H33Cl2N3O3S. The minimum atomic E-state index is -3.54. The molecule has 3 rings (SSSR count). The molecule has 2 aliphatic heterocycles. The van der Waals surface area contributed by atoms with E-state index in [0.29, 0.717) is 48.1 Å². The van der Waals surface area contributed by atoms with Crippen LogP contribution in [0.25, 0.3) is 0 Å². The summed E-state index contributed by atoms with van der Waals surface area (Å²) in [5, 5.41) is 3.74. The normalized spacial score (nSPS) is 20.1. The van der Waals surface area contributed by atoms with Crippen LogP contribution in [0.5, 0.6) is 0 Å². The molecule has 0 bridgehead atoms. The molecule has 1 aromatic carbocycles. The van der Waals surface area contributed by atoms with E-state index in [4.69, 9.17) is 23.2 Å². The summed E-state index contributed by atoms with van der Waals surface area (Å²) in [5.74, 6) is 0.509. The highest BCUT2D eigenvalue weighted by atomic mass is 35.5. The number of halogens is 2. The molecule has 0 radical (unpaired) electrons. The lowest BCUT2D eigenvalue weighted by Gasteiger charge is -2.31. The Morgan fingerprint density at radius 3 is 2.29 bits per heavy atom. The van der Waals surface area contributed by atoms with Gasteiger partial charge >= 0.3 is 0 Å². The van der Waals surface area contributed by atoms with Gasteiger partial charge in [0, 0.05) is 41.2 Å². The first kappa shape index (κ1) is 24.8. The second kappa shape index (κ2) is 11.3. The molecule has 2 fully saturated rings. The molecule has 0 aliphatic carbocycles. The Balaban J connectivity index is 1.39. The van der Waals surface area contributed by atoms with Crippen molar-refractivity contribution in [3.63, 3.8) is 0 Å². The summed E-state index contributed by atoms with van der Waals surface area (Å²) >= 11 is 12.3. The fraction of sp³-hybridized carbons (Fsp3) is 0.682. The summed E-state index contributed by atoms with van der Waals surface area (Å²) in [6, 6.07) is 4.97. The topological polar surface area (TPSA) is 69.7 Å². The number of piperidine rings is 2. The van der Waals surface area contributed by atoms with E-state index in [-0.39, 0.29) is 17.6 Å². The number of nitrogens with one attached hydrogen (secondary N) is 1. The maximum atomic E-state index is 12.8. The van der Waals surface area contributed by atoms with E-state index < -0.39 is 10.0 Å². The molecule has 2 heterocycles. The number of rotatable bonds is 8. The predicted molar refractivity (Wildman–Crippen MR) is 126 cm³/mol. The minimum absolute atomic E-state index is 0.0402. The fourth-order valence-electron chi connectivity index (χ4n) is 4.28. The summed E-state index contributed by atoms with van der Waals surface area (Å²) in [7, 11) is -3.54. The van der Waals surface area contributed by atoms with Gasteiger partial charge in [0.15, 0.2) is 0 Å². The van der Waals surface area contributed by atoms with Crippen molar-refractivity contribution in [2.24, 2.45) is 11.8 Å². The van der Waals surface area contributed by atoms with Crippen molar-refractivity contribution in [1.82, 2.24) is 14.5 Å². The average Bonchev–Trinajstić information content (AvgIpc) is 2.75. The van der Waals surface area contributed by atoms with Gasteiger partial charge in [-0.05, 0) is 69.8 Å². The number of carbonyl (C=O) groups excluding carboxylic acids is 1. The van der Waals surface area contributed by atoms with Crippen LogP contribution in [-0.2, 0) is 20.6 Å². The SMILES string of the molecule is CC1CCN(CCCNC(=O)C2CCN(S(=O)(=O)Cc3c(Cl)cccc3Cl)CC2)CC1. The Labute approximate surface area is 196 Å². The zero-order valence-corrected chi connectivity index (χ0v) is 20.5. The van der Waals surface area contributed by atoms with Gasteiger partial charge in [-0.3, -0.25) is 4.79 Å². The Morgan fingerprint density at radius 2 is 1.68 bits per heavy atom. The maximum absolute atomic E-state index is 12.8. The third-order valence-electron chi connectivity index (χ3n) is 6.43. The molecule has 2 saturated heterocycles. The summed E-state index contributed by atoms with van der Waals surface area (Å²) in [5.41, 5.74) is 0.425. The third-order valence-corrected chi connectivity index (χ3v) is 8.95. The van der Waals surface area contributed by atoms with E-state index in [2.05, 4.69) is 17.1 Å². The summed E-state index contributed by atoms with van der Waals surface area (Å²) in [6.45, 7) is 6.99. The molecule has 174 valence electrons. The Hall–Kier alpha value is -0.860.